The second-order valence-corrected chi connectivity index (χ2v) is 4.58. The van der Waals surface area contributed by atoms with Crippen LogP contribution in [-0.2, 0) is 6.42 Å². The molecule has 0 spiro atoms. The van der Waals surface area contributed by atoms with Crippen molar-refractivity contribution in [1.82, 2.24) is 10.2 Å². The molecule has 1 saturated heterocycles. The maximum absolute atomic E-state index is 11.2. The standard InChI is InChI=1S/C14H20N2O3/c1-2-19-13-6-4-3-5-11(13)9-12-10-15-7-8-16(12)14(17)18/h3-6,12,15H,2,7-10H2,1H3,(H,17,18). The predicted octanol–water partition coefficient (Wildman–Crippen LogP) is 1.58. The molecule has 2 rings (SSSR count). The highest BCUT2D eigenvalue weighted by atomic mass is 16.5. The minimum Gasteiger partial charge on any atom is -0.494 e. The summed E-state index contributed by atoms with van der Waals surface area (Å²) in [6.07, 6.45) is -0.171. The molecule has 0 aliphatic carbocycles. The molecular weight excluding hydrogens is 244 g/mol. The fourth-order valence-corrected chi connectivity index (χ4v) is 2.42. The molecule has 5 nitrogen and oxygen atoms in total. The third-order valence-corrected chi connectivity index (χ3v) is 3.32. The highest BCUT2D eigenvalue weighted by Crippen LogP contribution is 2.21. The molecule has 0 radical (unpaired) electrons. The monoisotopic (exact) mass is 264 g/mol. The number of rotatable bonds is 4. The maximum Gasteiger partial charge on any atom is 0.407 e. The Bertz CT molecular complexity index is 436. The van der Waals surface area contributed by atoms with Crippen LogP contribution >= 0.6 is 0 Å². The summed E-state index contributed by atoms with van der Waals surface area (Å²) < 4.78 is 5.59. The molecule has 1 unspecified atom stereocenters. The van der Waals surface area contributed by atoms with Crippen molar-refractivity contribution in [3.05, 3.63) is 29.8 Å². The number of nitrogens with zero attached hydrogens (tertiary/aromatic N) is 1. The summed E-state index contributed by atoms with van der Waals surface area (Å²) in [7, 11) is 0. The Morgan fingerprint density at radius 2 is 2.32 bits per heavy atom. The van der Waals surface area contributed by atoms with E-state index in [1.807, 2.05) is 31.2 Å². The Kier molecular flexibility index (Phi) is 4.63. The van der Waals surface area contributed by atoms with Crippen molar-refractivity contribution >= 4 is 6.09 Å². The van der Waals surface area contributed by atoms with E-state index in [-0.39, 0.29) is 6.04 Å². The highest BCUT2D eigenvalue weighted by molar-refractivity contribution is 5.65. The van der Waals surface area contributed by atoms with Crippen molar-refractivity contribution < 1.29 is 14.6 Å². The minimum absolute atomic E-state index is 0.0344. The zero-order valence-electron chi connectivity index (χ0n) is 11.1. The molecule has 1 aliphatic rings. The lowest BCUT2D eigenvalue weighted by Gasteiger charge is -2.34. The Balaban J connectivity index is 2.12. The second kappa shape index (κ2) is 6.43. The van der Waals surface area contributed by atoms with E-state index in [0.717, 1.165) is 17.9 Å². The average molecular weight is 264 g/mol. The van der Waals surface area contributed by atoms with Crippen LogP contribution in [0, 0.1) is 0 Å². The topological polar surface area (TPSA) is 61.8 Å². The SMILES string of the molecule is CCOc1ccccc1CC1CNCCN1C(=O)O. The fraction of sp³-hybridized carbons (Fsp3) is 0.500. The summed E-state index contributed by atoms with van der Waals surface area (Å²) >= 11 is 0. The van der Waals surface area contributed by atoms with E-state index in [1.54, 1.807) is 0 Å². The van der Waals surface area contributed by atoms with E-state index in [4.69, 9.17) is 4.74 Å². The molecule has 19 heavy (non-hydrogen) atoms. The van der Waals surface area contributed by atoms with Crippen molar-refractivity contribution in [2.75, 3.05) is 26.2 Å². The van der Waals surface area contributed by atoms with Gasteiger partial charge in [0.05, 0.1) is 12.6 Å². The molecule has 1 heterocycles. The number of hydrogen-bond donors (Lipinski definition) is 2. The number of benzene rings is 1. The first-order chi connectivity index (χ1) is 9.22. The molecule has 2 N–H and O–H groups in total. The van der Waals surface area contributed by atoms with Crippen molar-refractivity contribution in [2.24, 2.45) is 0 Å². The zero-order valence-corrected chi connectivity index (χ0v) is 11.1. The molecule has 1 aromatic carbocycles. The van der Waals surface area contributed by atoms with Gasteiger partial charge in [-0.05, 0) is 25.0 Å². The number of ether oxygens (including phenoxy) is 1. The first-order valence-electron chi connectivity index (χ1n) is 6.63. The molecular formula is C14H20N2O3. The Morgan fingerprint density at radius 3 is 3.05 bits per heavy atom. The van der Waals surface area contributed by atoms with E-state index in [0.29, 0.717) is 26.1 Å². The minimum atomic E-state index is -0.847. The number of para-hydroxylation sites is 1. The van der Waals surface area contributed by atoms with Crippen molar-refractivity contribution in [3.8, 4) is 5.75 Å². The molecule has 0 saturated carbocycles. The van der Waals surface area contributed by atoms with Crippen LogP contribution < -0.4 is 10.1 Å². The third kappa shape index (κ3) is 3.38. The van der Waals surface area contributed by atoms with Crippen LogP contribution in [0.4, 0.5) is 4.79 Å². The first kappa shape index (κ1) is 13.7. The van der Waals surface area contributed by atoms with Gasteiger partial charge >= 0.3 is 6.09 Å². The molecule has 1 aliphatic heterocycles. The lowest BCUT2D eigenvalue weighted by molar-refractivity contribution is 0.112. The molecule has 5 heteroatoms. The van der Waals surface area contributed by atoms with E-state index in [2.05, 4.69) is 5.32 Å². The predicted molar refractivity (Wildman–Crippen MR) is 72.7 cm³/mol. The third-order valence-electron chi connectivity index (χ3n) is 3.32. The first-order valence-corrected chi connectivity index (χ1v) is 6.63. The Hall–Kier alpha value is -1.75. The molecule has 1 fully saturated rings. The molecule has 0 aromatic heterocycles. The molecule has 0 bridgehead atoms. The summed E-state index contributed by atoms with van der Waals surface area (Å²) in [6.45, 7) is 4.50. The van der Waals surface area contributed by atoms with Gasteiger partial charge in [0.1, 0.15) is 5.75 Å². The van der Waals surface area contributed by atoms with Crippen LogP contribution in [-0.4, -0.2) is 48.4 Å². The van der Waals surface area contributed by atoms with E-state index < -0.39 is 6.09 Å². The normalized spacial score (nSPS) is 19.2. The van der Waals surface area contributed by atoms with E-state index >= 15 is 0 Å². The van der Waals surface area contributed by atoms with Crippen LogP contribution in [0.5, 0.6) is 5.75 Å². The summed E-state index contributed by atoms with van der Waals surface area (Å²) in [5.41, 5.74) is 1.06. The van der Waals surface area contributed by atoms with E-state index in [9.17, 15) is 9.90 Å². The van der Waals surface area contributed by atoms with Crippen LogP contribution in [0.2, 0.25) is 0 Å². The number of hydrogen-bond acceptors (Lipinski definition) is 3. The smallest absolute Gasteiger partial charge is 0.407 e. The van der Waals surface area contributed by atoms with E-state index in [1.165, 1.54) is 4.90 Å². The number of amides is 1. The Morgan fingerprint density at radius 1 is 1.53 bits per heavy atom. The van der Waals surface area contributed by atoms with Gasteiger partial charge in [-0.15, -0.1) is 0 Å². The summed E-state index contributed by atoms with van der Waals surface area (Å²) in [5.74, 6) is 0.848. The lowest BCUT2D eigenvalue weighted by atomic mass is 10.0. The molecule has 1 atom stereocenters. The largest absolute Gasteiger partial charge is 0.494 e. The van der Waals surface area contributed by atoms with Gasteiger partial charge in [-0.1, -0.05) is 18.2 Å². The van der Waals surface area contributed by atoms with Crippen molar-refractivity contribution in [3.63, 3.8) is 0 Å². The maximum atomic E-state index is 11.2. The molecule has 1 aromatic rings. The van der Waals surface area contributed by atoms with Gasteiger partial charge in [0.2, 0.25) is 0 Å². The van der Waals surface area contributed by atoms with Gasteiger partial charge in [-0.3, -0.25) is 0 Å². The molecule has 1 amide bonds. The van der Waals surface area contributed by atoms with Gasteiger partial charge < -0.3 is 20.1 Å². The fourth-order valence-electron chi connectivity index (χ4n) is 2.42. The quantitative estimate of drug-likeness (QED) is 0.866. The molecule has 104 valence electrons. The van der Waals surface area contributed by atoms with Crippen LogP contribution in [0.3, 0.4) is 0 Å². The van der Waals surface area contributed by atoms with Crippen molar-refractivity contribution in [2.45, 2.75) is 19.4 Å². The van der Waals surface area contributed by atoms with Gasteiger partial charge in [0, 0.05) is 19.6 Å². The van der Waals surface area contributed by atoms with Gasteiger partial charge in [0.15, 0.2) is 0 Å². The zero-order chi connectivity index (χ0) is 13.7. The highest BCUT2D eigenvalue weighted by Gasteiger charge is 2.26. The van der Waals surface area contributed by atoms with Crippen molar-refractivity contribution in [1.29, 1.82) is 0 Å². The number of carboxylic acid groups (broad SMARTS) is 1. The van der Waals surface area contributed by atoms with Crippen LogP contribution in [0.1, 0.15) is 12.5 Å². The van der Waals surface area contributed by atoms with Gasteiger partial charge in [-0.25, -0.2) is 4.79 Å². The number of carbonyl (C=O) groups is 1. The summed E-state index contributed by atoms with van der Waals surface area (Å²) in [4.78, 5) is 12.7. The summed E-state index contributed by atoms with van der Waals surface area (Å²) in [5, 5.41) is 12.5. The average Bonchev–Trinajstić information content (AvgIpc) is 2.42. The lowest BCUT2D eigenvalue weighted by Crippen LogP contribution is -2.54. The van der Waals surface area contributed by atoms with Gasteiger partial charge in [-0.2, -0.15) is 0 Å². The number of piperazine rings is 1. The van der Waals surface area contributed by atoms with Crippen LogP contribution in [0.15, 0.2) is 24.3 Å². The Labute approximate surface area is 113 Å². The van der Waals surface area contributed by atoms with Crippen LogP contribution in [0.25, 0.3) is 0 Å². The van der Waals surface area contributed by atoms with Gasteiger partial charge in [0.25, 0.3) is 0 Å². The number of nitrogens with one attached hydrogen (secondary N) is 1. The summed E-state index contributed by atoms with van der Waals surface area (Å²) in [6, 6.07) is 7.79. The second-order valence-electron chi connectivity index (χ2n) is 4.58.